The van der Waals surface area contributed by atoms with Crippen LogP contribution in [0.5, 0.6) is 5.75 Å². The van der Waals surface area contributed by atoms with E-state index in [0.717, 1.165) is 5.75 Å². The number of rotatable bonds is 6. The monoisotopic (exact) mass is 317 g/mol. The molecule has 0 aliphatic carbocycles. The number of nitrogens with one attached hydrogen (secondary N) is 1. The van der Waals surface area contributed by atoms with E-state index in [1.54, 1.807) is 24.3 Å². The molecule has 4 heteroatoms. The molecule has 3 nitrogen and oxygen atoms in total. The summed E-state index contributed by atoms with van der Waals surface area (Å²) < 4.78 is 5.67. The van der Waals surface area contributed by atoms with E-state index >= 15 is 0 Å². The molecule has 22 heavy (non-hydrogen) atoms. The van der Waals surface area contributed by atoms with Crippen LogP contribution in [0.25, 0.3) is 0 Å². The minimum absolute atomic E-state index is 0.151. The second kappa shape index (κ2) is 7.85. The predicted octanol–water partition coefficient (Wildman–Crippen LogP) is 4.27. The highest BCUT2D eigenvalue weighted by Gasteiger charge is 2.05. The first kappa shape index (κ1) is 16.4. The number of halogens is 1. The second-order valence-electron chi connectivity index (χ2n) is 5.34. The van der Waals surface area contributed by atoms with Crippen LogP contribution in [0.2, 0.25) is 5.02 Å². The van der Waals surface area contributed by atoms with Crippen LogP contribution in [0, 0.1) is 0 Å². The Labute approximate surface area is 136 Å². The summed E-state index contributed by atoms with van der Waals surface area (Å²) in [5, 5.41) is 3.36. The van der Waals surface area contributed by atoms with E-state index in [9.17, 15) is 4.79 Å². The van der Waals surface area contributed by atoms with Crippen molar-refractivity contribution in [1.82, 2.24) is 5.32 Å². The standard InChI is InChI=1S/C18H20ClNO2/c1-13(2)14-5-4-8-17(12-14)22-10-9-20-18(21)15-6-3-7-16(19)11-15/h3-8,11-13H,9-10H2,1-2H3,(H,20,21). The van der Waals surface area contributed by atoms with Crippen LogP contribution in [0.4, 0.5) is 0 Å². The van der Waals surface area contributed by atoms with Crippen molar-refractivity contribution in [3.8, 4) is 5.75 Å². The molecule has 0 heterocycles. The highest BCUT2D eigenvalue weighted by Crippen LogP contribution is 2.19. The number of ether oxygens (including phenoxy) is 1. The van der Waals surface area contributed by atoms with Gasteiger partial charge in [0.1, 0.15) is 12.4 Å². The van der Waals surface area contributed by atoms with Crippen molar-refractivity contribution in [3.05, 3.63) is 64.7 Å². The minimum atomic E-state index is -0.151. The Kier molecular flexibility index (Phi) is 5.84. The topological polar surface area (TPSA) is 38.3 Å². The van der Waals surface area contributed by atoms with Gasteiger partial charge in [0.05, 0.1) is 6.54 Å². The van der Waals surface area contributed by atoms with E-state index in [-0.39, 0.29) is 5.91 Å². The zero-order chi connectivity index (χ0) is 15.9. The Morgan fingerprint density at radius 1 is 1.18 bits per heavy atom. The first-order valence-electron chi connectivity index (χ1n) is 7.33. The molecule has 0 aliphatic rings. The molecule has 1 amide bonds. The van der Waals surface area contributed by atoms with Gasteiger partial charge < -0.3 is 10.1 Å². The zero-order valence-electron chi connectivity index (χ0n) is 12.8. The summed E-state index contributed by atoms with van der Waals surface area (Å²) in [7, 11) is 0. The molecule has 2 aromatic rings. The SMILES string of the molecule is CC(C)c1cccc(OCCNC(=O)c2cccc(Cl)c2)c1. The first-order chi connectivity index (χ1) is 10.6. The molecule has 0 unspecified atom stereocenters. The smallest absolute Gasteiger partial charge is 0.251 e. The predicted molar refractivity (Wildman–Crippen MR) is 89.8 cm³/mol. The van der Waals surface area contributed by atoms with Gasteiger partial charge in [0.2, 0.25) is 0 Å². The van der Waals surface area contributed by atoms with Crippen LogP contribution in [0.1, 0.15) is 35.7 Å². The lowest BCUT2D eigenvalue weighted by Crippen LogP contribution is -2.28. The second-order valence-corrected chi connectivity index (χ2v) is 5.78. The van der Waals surface area contributed by atoms with E-state index in [1.165, 1.54) is 5.56 Å². The lowest BCUT2D eigenvalue weighted by molar-refractivity contribution is 0.0947. The van der Waals surface area contributed by atoms with Crippen LogP contribution < -0.4 is 10.1 Å². The van der Waals surface area contributed by atoms with E-state index < -0.39 is 0 Å². The highest BCUT2D eigenvalue weighted by molar-refractivity contribution is 6.30. The van der Waals surface area contributed by atoms with Crippen LogP contribution in [0.3, 0.4) is 0 Å². The Morgan fingerprint density at radius 3 is 2.68 bits per heavy atom. The maximum Gasteiger partial charge on any atom is 0.251 e. The van der Waals surface area contributed by atoms with Crippen molar-refractivity contribution in [2.75, 3.05) is 13.2 Å². The summed E-state index contributed by atoms with van der Waals surface area (Å²) in [6, 6.07) is 14.9. The van der Waals surface area contributed by atoms with Crippen molar-refractivity contribution in [3.63, 3.8) is 0 Å². The number of amides is 1. The fourth-order valence-electron chi connectivity index (χ4n) is 2.03. The summed E-state index contributed by atoms with van der Waals surface area (Å²) in [5.41, 5.74) is 1.79. The van der Waals surface area contributed by atoms with Crippen LogP contribution in [-0.4, -0.2) is 19.1 Å². The summed E-state index contributed by atoms with van der Waals surface area (Å²) in [6.07, 6.45) is 0. The van der Waals surface area contributed by atoms with Gasteiger partial charge in [-0.15, -0.1) is 0 Å². The van der Waals surface area contributed by atoms with Crippen molar-refractivity contribution in [2.45, 2.75) is 19.8 Å². The largest absolute Gasteiger partial charge is 0.492 e. The lowest BCUT2D eigenvalue weighted by atomic mass is 10.0. The number of carbonyl (C=O) groups is 1. The Morgan fingerprint density at radius 2 is 1.95 bits per heavy atom. The molecule has 2 aromatic carbocycles. The molecular formula is C18H20ClNO2. The Bertz CT molecular complexity index is 640. The van der Waals surface area contributed by atoms with Crippen LogP contribution in [0.15, 0.2) is 48.5 Å². The molecule has 0 spiro atoms. The van der Waals surface area contributed by atoms with Gasteiger partial charge in [-0.1, -0.05) is 43.6 Å². The maximum atomic E-state index is 11.9. The van der Waals surface area contributed by atoms with E-state index in [2.05, 4.69) is 25.2 Å². The van der Waals surface area contributed by atoms with Gasteiger partial charge in [-0.2, -0.15) is 0 Å². The number of benzene rings is 2. The molecule has 1 N–H and O–H groups in total. The third-order valence-electron chi connectivity index (χ3n) is 3.27. The molecule has 0 aromatic heterocycles. The van der Waals surface area contributed by atoms with E-state index in [0.29, 0.717) is 29.7 Å². The van der Waals surface area contributed by atoms with Gasteiger partial charge in [0.15, 0.2) is 0 Å². The Balaban J connectivity index is 1.80. The molecule has 0 radical (unpaired) electrons. The molecule has 116 valence electrons. The van der Waals surface area contributed by atoms with Gasteiger partial charge >= 0.3 is 0 Å². The van der Waals surface area contributed by atoms with Crippen molar-refractivity contribution < 1.29 is 9.53 Å². The first-order valence-corrected chi connectivity index (χ1v) is 7.70. The van der Waals surface area contributed by atoms with Crippen molar-refractivity contribution >= 4 is 17.5 Å². The van der Waals surface area contributed by atoms with Crippen molar-refractivity contribution in [2.24, 2.45) is 0 Å². The molecule has 0 aliphatic heterocycles. The molecule has 0 atom stereocenters. The molecule has 0 saturated heterocycles. The Hall–Kier alpha value is -2.00. The summed E-state index contributed by atoms with van der Waals surface area (Å²) >= 11 is 5.87. The summed E-state index contributed by atoms with van der Waals surface area (Å²) in [4.78, 5) is 11.9. The molecule has 0 bridgehead atoms. The lowest BCUT2D eigenvalue weighted by Gasteiger charge is -2.10. The molecule has 0 fully saturated rings. The van der Waals surface area contributed by atoms with Crippen LogP contribution >= 0.6 is 11.6 Å². The van der Waals surface area contributed by atoms with Crippen LogP contribution in [-0.2, 0) is 0 Å². The quantitative estimate of drug-likeness (QED) is 0.808. The average Bonchev–Trinajstić information content (AvgIpc) is 2.51. The normalized spacial score (nSPS) is 10.5. The summed E-state index contributed by atoms with van der Waals surface area (Å²) in [6.45, 7) is 5.15. The fraction of sp³-hybridized carbons (Fsp3) is 0.278. The van der Waals surface area contributed by atoms with E-state index in [4.69, 9.17) is 16.3 Å². The number of carbonyl (C=O) groups excluding carboxylic acids is 1. The van der Waals surface area contributed by atoms with Gasteiger partial charge in [-0.05, 0) is 41.8 Å². The maximum absolute atomic E-state index is 11.9. The molecular weight excluding hydrogens is 298 g/mol. The molecule has 2 rings (SSSR count). The third kappa shape index (κ3) is 4.78. The van der Waals surface area contributed by atoms with Gasteiger partial charge in [-0.3, -0.25) is 4.79 Å². The van der Waals surface area contributed by atoms with E-state index in [1.807, 2.05) is 18.2 Å². The number of hydrogen-bond acceptors (Lipinski definition) is 2. The van der Waals surface area contributed by atoms with Gasteiger partial charge in [-0.25, -0.2) is 0 Å². The van der Waals surface area contributed by atoms with Crippen molar-refractivity contribution in [1.29, 1.82) is 0 Å². The minimum Gasteiger partial charge on any atom is -0.492 e. The highest BCUT2D eigenvalue weighted by atomic mass is 35.5. The number of hydrogen-bond donors (Lipinski definition) is 1. The fourth-order valence-corrected chi connectivity index (χ4v) is 2.22. The van der Waals surface area contributed by atoms with Gasteiger partial charge in [0, 0.05) is 10.6 Å². The zero-order valence-corrected chi connectivity index (χ0v) is 13.6. The summed E-state index contributed by atoms with van der Waals surface area (Å²) in [5.74, 6) is 1.14. The van der Waals surface area contributed by atoms with Gasteiger partial charge in [0.25, 0.3) is 5.91 Å². The average molecular weight is 318 g/mol. The third-order valence-corrected chi connectivity index (χ3v) is 3.50. The molecule has 0 saturated carbocycles.